The molecular weight excluding hydrogens is 294 g/mol. The molecule has 3 rings (SSSR count). The Morgan fingerprint density at radius 2 is 1.96 bits per heavy atom. The first-order valence-electron chi connectivity index (χ1n) is 7.84. The number of morpholine rings is 1. The minimum Gasteiger partial charge on any atom is -0.372 e. The lowest BCUT2D eigenvalue weighted by molar-refractivity contribution is -0.147. The molecular formula is C16H21N5O2. The third-order valence-electron chi connectivity index (χ3n) is 3.97. The van der Waals surface area contributed by atoms with E-state index in [2.05, 4.69) is 15.5 Å². The van der Waals surface area contributed by atoms with Gasteiger partial charge in [-0.15, -0.1) is 5.10 Å². The molecule has 1 saturated heterocycles. The molecule has 7 heteroatoms. The molecule has 2 heterocycles. The predicted octanol–water partition coefficient (Wildman–Crippen LogP) is 1.09. The summed E-state index contributed by atoms with van der Waals surface area (Å²) in [5.41, 5.74) is 1.08. The Morgan fingerprint density at radius 3 is 2.57 bits per heavy atom. The van der Waals surface area contributed by atoms with Crippen molar-refractivity contribution < 1.29 is 9.53 Å². The van der Waals surface area contributed by atoms with Gasteiger partial charge in [0.25, 0.3) is 0 Å². The van der Waals surface area contributed by atoms with E-state index >= 15 is 0 Å². The number of nitrogens with zero attached hydrogens (tertiary/aromatic N) is 5. The number of ether oxygens (including phenoxy) is 1. The van der Waals surface area contributed by atoms with Crippen molar-refractivity contribution in [2.24, 2.45) is 0 Å². The monoisotopic (exact) mass is 315 g/mol. The summed E-state index contributed by atoms with van der Waals surface area (Å²) in [4.78, 5) is 14.9. The van der Waals surface area contributed by atoms with E-state index in [1.54, 1.807) is 4.68 Å². The summed E-state index contributed by atoms with van der Waals surface area (Å²) in [5, 5.41) is 11.3. The second-order valence-corrected chi connectivity index (χ2v) is 6.00. The molecule has 3 atom stereocenters. The highest BCUT2D eigenvalue weighted by atomic mass is 16.5. The maximum absolute atomic E-state index is 13.0. The highest BCUT2D eigenvalue weighted by Gasteiger charge is 2.32. The molecule has 0 spiro atoms. The summed E-state index contributed by atoms with van der Waals surface area (Å²) >= 11 is 0. The van der Waals surface area contributed by atoms with Gasteiger partial charge in [0.15, 0.2) is 0 Å². The first kappa shape index (κ1) is 15.6. The second-order valence-electron chi connectivity index (χ2n) is 6.00. The van der Waals surface area contributed by atoms with E-state index in [0.29, 0.717) is 19.5 Å². The van der Waals surface area contributed by atoms with Crippen LogP contribution < -0.4 is 0 Å². The van der Waals surface area contributed by atoms with Crippen molar-refractivity contribution in [1.82, 2.24) is 25.1 Å². The molecule has 0 N–H and O–H groups in total. The standard InChI is InChI=1S/C16H21N5O2/c1-12-9-20(10-13(2)23-12)16(22)15(21-11-17-18-19-21)8-14-6-4-3-5-7-14/h3-7,11-13,15H,8-10H2,1-2H3. The summed E-state index contributed by atoms with van der Waals surface area (Å²) in [6.45, 7) is 5.16. The lowest BCUT2D eigenvalue weighted by atomic mass is 10.0. The van der Waals surface area contributed by atoms with Crippen LogP contribution in [-0.4, -0.2) is 56.3 Å². The number of hydrogen-bond acceptors (Lipinski definition) is 5. The smallest absolute Gasteiger partial charge is 0.248 e. The van der Waals surface area contributed by atoms with Crippen LogP contribution in [0, 0.1) is 0 Å². The summed E-state index contributed by atoms with van der Waals surface area (Å²) in [6.07, 6.45) is 2.13. The van der Waals surface area contributed by atoms with Gasteiger partial charge in [0.1, 0.15) is 12.4 Å². The second kappa shape index (κ2) is 6.87. The quantitative estimate of drug-likeness (QED) is 0.844. The zero-order valence-corrected chi connectivity index (χ0v) is 13.4. The largest absolute Gasteiger partial charge is 0.372 e. The van der Waals surface area contributed by atoms with Crippen molar-refractivity contribution in [2.45, 2.75) is 38.5 Å². The Hall–Kier alpha value is -2.28. The number of amides is 1. The topological polar surface area (TPSA) is 73.1 Å². The van der Waals surface area contributed by atoms with Gasteiger partial charge >= 0.3 is 0 Å². The van der Waals surface area contributed by atoms with E-state index < -0.39 is 6.04 Å². The highest BCUT2D eigenvalue weighted by Crippen LogP contribution is 2.19. The Balaban J connectivity index is 1.82. The first-order valence-corrected chi connectivity index (χ1v) is 7.84. The molecule has 23 heavy (non-hydrogen) atoms. The number of carbonyl (C=O) groups is 1. The van der Waals surface area contributed by atoms with Crippen molar-refractivity contribution in [3.8, 4) is 0 Å². The van der Waals surface area contributed by atoms with Gasteiger partial charge < -0.3 is 9.64 Å². The van der Waals surface area contributed by atoms with Crippen LogP contribution in [0.3, 0.4) is 0 Å². The van der Waals surface area contributed by atoms with Crippen LogP contribution >= 0.6 is 0 Å². The Kier molecular flexibility index (Phi) is 4.66. The van der Waals surface area contributed by atoms with Crippen LogP contribution in [0.5, 0.6) is 0 Å². The highest BCUT2D eigenvalue weighted by molar-refractivity contribution is 5.80. The first-order chi connectivity index (χ1) is 11.1. The Morgan fingerprint density at radius 1 is 1.26 bits per heavy atom. The lowest BCUT2D eigenvalue weighted by Crippen LogP contribution is -2.50. The van der Waals surface area contributed by atoms with Crippen LogP contribution in [0.2, 0.25) is 0 Å². The normalized spacial score (nSPS) is 22.8. The van der Waals surface area contributed by atoms with E-state index in [0.717, 1.165) is 5.56 Å². The SMILES string of the molecule is CC1CN(C(=O)C(Cc2ccccc2)n2cnnn2)CC(C)O1. The fourth-order valence-electron chi connectivity index (χ4n) is 3.01. The van der Waals surface area contributed by atoms with Gasteiger partial charge in [-0.25, -0.2) is 4.68 Å². The predicted molar refractivity (Wildman–Crippen MR) is 83.6 cm³/mol. The molecule has 1 aliphatic rings. The maximum Gasteiger partial charge on any atom is 0.248 e. The number of carbonyl (C=O) groups excluding carboxylic acids is 1. The van der Waals surface area contributed by atoms with Crippen molar-refractivity contribution in [1.29, 1.82) is 0 Å². The van der Waals surface area contributed by atoms with Gasteiger partial charge in [-0.05, 0) is 29.8 Å². The van der Waals surface area contributed by atoms with E-state index in [4.69, 9.17) is 4.74 Å². The zero-order valence-electron chi connectivity index (χ0n) is 13.4. The van der Waals surface area contributed by atoms with Gasteiger partial charge in [0, 0.05) is 19.5 Å². The lowest BCUT2D eigenvalue weighted by Gasteiger charge is -2.37. The number of benzene rings is 1. The molecule has 0 bridgehead atoms. The van der Waals surface area contributed by atoms with E-state index in [-0.39, 0.29) is 18.1 Å². The Bertz CT molecular complexity index is 621. The molecule has 2 aromatic rings. The average Bonchev–Trinajstić information content (AvgIpc) is 3.06. The van der Waals surface area contributed by atoms with Gasteiger partial charge in [-0.2, -0.15) is 0 Å². The van der Waals surface area contributed by atoms with Gasteiger partial charge in [-0.3, -0.25) is 4.79 Å². The number of tetrazole rings is 1. The van der Waals surface area contributed by atoms with Gasteiger partial charge in [0.2, 0.25) is 5.91 Å². The van der Waals surface area contributed by atoms with Gasteiger partial charge in [-0.1, -0.05) is 30.3 Å². The van der Waals surface area contributed by atoms with Crippen molar-refractivity contribution in [3.05, 3.63) is 42.2 Å². The molecule has 1 aromatic heterocycles. The molecule has 1 aromatic carbocycles. The molecule has 0 radical (unpaired) electrons. The van der Waals surface area contributed by atoms with Crippen molar-refractivity contribution >= 4 is 5.91 Å². The Labute approximate surface area is 135 Å². The maximum atomic E-state index is 13.0. The van der Waals surface area contributed by atoms with Crippen LogP contribution in [0.4, 0.5) is 0 Å². The summed E-state index contributed by atoms with van der Waals surface area (Å²) in [7, 11) is 0. The summed E-state index contributed by atoms with van der Waals surface area (Å²) in [5.74, 6) is 0.0307. The molecule has 3 unspecified atom stereocenters. The molecule has 0 aliphatic carbocycles. The number of aromatic nitrogens is 4. The van der Waals surface area contributed by atoms with Crippen LogP contribution in [-0.2, 0) is 16.0 Å². The molecule has 1 amide bonds. The fraction of sp³-hybridized carbons (Fsp3) is 0.500. The summed E-state index contributed by atoms with van der Waals surface area (Å²) in [6, 6.07) is 9.47. The minimum absolute atomic E-state index is 0.0307. The van der Waals surface area contributed by atoms with Gasteiger partial charge in [0.05, 0.1) is 12.2 Å². The number of rotatable bonds is 4. The van der Waals surface area contributed by atoms with E-state index in [1.165, 1.54) is 6.33 Å². The molecule has 0 saturated carbocycles. The fourth-order valence-corrected chi connectivity index (χ4v) is 3.01. The molecule has 1 fully saturated rings. The van der Waals surface area contributed by atoms with Crippen LogP contribution in [0.15, 0.2) is 36.7 Å². The minimum atomic E-state index is -0.440. The third kappa shape index (κ3) is 3.73. The summed E-state index contributed by atoms with van der Waals surface area (Å²) < 4.78 is 7.26. The molecule has 1 aliphatic heterocycles. The molecule has 7 nitrogen and oxygen atoms in total. The van der Waals surface area contributed by atoms with Crippen LogP contribution in [0.25, 0.3) is 0 Å². The number of hydrogen-bond donors (Lipinski definition) is 0. The van der Waals surface area contributed by atoms with Crippen molar-refractivity contribution in [2.75, 3.05) is 13.1 Å². The van der Waals surface area contributed by atoms with Crippen LogP contribution in [0.1, 0.15) is 25.5 Å². The molecule has 122 valence electrons. The van der Waals surface area contributed by atoms with E-state index in [9.17, 15) is 4.79 Å². The zero-order chi connectivity index (χ0) is 16.2. The van der Waals surface area contributed by atoms with Crippen molar-refractivity contribution in [3.63, 3.8) is 0 Å². The van der Waals surface area contributed by atoms with E-state index in [1.807, 2.05) is 49.1 Å². The average molecular weight is 315 g/mol. The third-order valence-corrected chi connectivity index (χ3v) is 3.97.